The molecular formula is C15H21N3. The fraction of sp³-hybridized carbons (Fsp3) is 0.467. The van der Waals surface area contributed by atoms with Crippen molar-refractivity contribution in [2.24, 2.45) is 0 Å². The van der Waals surface area contributed by atoms with Crippen molar-refractivity contribution in [1.29, 1.82) is 0 Å². The number of rotatable bonds is 2. The smallest absolute Gasteiger partial charge is 0.0334 e. The van der Waals surface area contributed by atoms with E-state index in [1.54, 1.807) is 0 Å². The van der Waals surface area contributed by atoms with Crippen molar-refractivity contribution >= 4 is 12.3 Å². The highest BCUT2D eigenvalue weighted by Gasteiger charge is 2.10. The Balaban J connectivity index is 1.84. The van der Waals surface area contributed by atoms with Crippen LogP contribution in [-0.4, -0.2) is 37.6 Å². The van der Waals surface area contributed by atoms with Crippen LogP contribution in [0.3, 0.4) is 0 Å². The molecule has 0 radical (unpaired) electrons. The summed E-state index contributed by atoms with van der Waals surface area (Å²) in [7, 11) is 0. The average Bonchev–Trinajstić information content (AvgIpc) is 2.68. The Bertz CT molecular complexity index is 513. The molecule has 0 aliphatic carbocycles. The third-order valence-corrected chi connectivity index (χ3v) is 3.74. The number of fused-ring (bicyclic) bond motifs is 1. The van der Waals surface area contributed by atoms with E-state index in [2.05, 4.69) is 46.0 Å². The Morgan fingerprint density at radius 2 is 2.17 bits per heavy atom. The second kappa shape index (κ2) is 5.55. The molecule has 2 heterocycles. The van der Waals surface area contributed by atoms with Gasteiger partial charge in [-0.25, -0.2) is 0 Å². The Hall–Kier alpha value is -1.32. The van der Waals surface area contributed by atoms with Crippen molar-refractivity contribution in [1.82, 2.24) is 15.5 Å². The van der Waals surface area contributed by atoms with E-state index in [0.29, 0.717) is 0 Å². The van der Waals surface area contributed by atoms with Gasteiger partial charge in [-0.05, 0) is 35.5 Å². The summed E-state index contributed by atoms with van der Waals surface area (Å²) in [6, 6.07) is 6.62. The summed E-state index contributed by atoms with van der Waals surface area (Å²) in [4.78, 5) is 2.56. The summed E-state index contributed by atoms with van der Waals surface area (Å²) in [6.45, 7) is 6.67. The number of hydrogen-bond donors (Lipinski definition) is 2. The zero-order valence-corrected chi connectivity index (χ0v) is 10.8. The number of benzene rings is 1. The fourth-order valence-corrected chi connectivity index (χ4v) is 2.78. The molecule has 2 aliphatic rings. The molecule has 18 heavy (non-hydrogen) atoms. The molecule has 0 bridgehead atoms. The van der Waals surface area contributed by atoms with E-state index >= 15 is 0 Å². The zero-order valence-electron chi connectivity index (χ0n) is 10.8. The van der Waals surface area contributed by atoms with Crippen LogP contribution in [0, 0.1) is 0 Å². The van der Waals surface area contributed by atoms with Gasteiger partial charge in [0.25, 0.3) is 0 Å². The maximum absolute atomic E-state index is 3.46. The van der Waals surface area contributed by atoms with Crippen LogP contribution in [0.5, 0.6) is 0 Å². The lowest BCUT2D eigenvalue weighted by molar-refractivity contribution is 0.283. The van der Waals surface area contributed by atoms with Crippen molar-refractivity contribution in [3.8, 4) is 0 Å². The normalized spacial score (nSPS) is 20.0. The first kappa shape index (κ1) is 11.8. The first-order chi connectivity index (χ1) is 8.93. The van der Waals surface area contributed by atoms with Crippen LogP contribution >= 0.6 is 0 Å². The van der Waals surface area contributed by atoms with Crippen molar-refractivity contribution in [2.75, 3.05) is 32.7 Å². The highest BCUT2D eigenvalue weighted by Crippen LogP contribution is 2.02. The molecule has 1 fully saturated rings. The molecule has 1 saturated heterocycles. The highest BCUT2D eigenvalue weighted by molar-refractivity contribution is 5.41. The van der Waals surface area contributed by atoms with Gasteiger partial charge < -0.3 is 10.6 Å². The number of nitrogens with one attached hydrogen (secondary N) is 2. The van der Waals surface area contributed by atoms with Gasteiger partial charge in [0.2, 0.25) is 0 Å². The molecule has 0 saturated carbocycles. The van der Waals surface area contributed by atoms with Crippen LogP contribution in [0.1, 0.15) is 12.0 Å². The predicted octanol–water partition coefficient (Wildman–Crippen LogP) is -0.396. The molecule has 0 amide bonds. The van der Waals surface area contributed by atoms with Gasteiger partial charge in [-0.15, -0.1) is 0 Å². The maximum atomic E-state index is 3.46. The van der Waals surface area contributed by atoms with Crippen LogP contribution in [0.4, 0.5) is 0 Å². The second-order valence-electron chi connectivity index (χ2n) is 5.06. The summed E-state index contributed by atoms with van der Waals surface area (Å²) in [5.74, 6) is 0. The highest BCUT2D eigenvalue weighted by atomic mass is 15.1. The second-order valence-corrected chi connectivity index (χ2v) is 5.06. The van der Waals surface area contributed by atoms with E-state index in [-0.39, 0.29) is 0 Å². The van der Waals surface area contributed by atoms with E-state index in [4.69, 9.17) is 0 Å². The Labute approximate surface area is 108 Å². The third-order valence-electron chi connectivity index (χ3n) is 3.74. The van der Waals surface area contributed by atoms with Crippen molar-refractivity contribution in [3.05, 3.63) is 34.2 Å². The summed E-state index contributed by atoms with van der Waals surface area (Å²) in [6.07, 6.45) is 5.69. The van der Waals surface area contributed by atoms with Crippen LogP contribution in [0.25, 0.3) is 12.3 Å². The van der Waals surface area contributed by atoms with E-state index in [1.807, 2.05) is 0 Å². The van der Waals surface area contributed by atoms with Crippen LogP contribution in [0.2, 0.25) is 0 Å². The molecule has 1 aromatic carbocycles. The Kier molecular flexibility index (Phi) is 3.62. The molecule has 96 valence electrons. The largest absolute Gasteiger partial charge is 0.387 e. The maximum Gasteiger partial charge on any atom is 0.0334 e. The molecule has 0 spiro atoms. The molecule has 3 heteroatoms. The molecule has 0 aromatic heterocycles. The number of hydrogen-bond acceptors (Lipinski definition) is 3. The molecule has 2 N–H and O–H groups in total. The van der Waals surface area contributed by atoms with Crippen LogP contribution in [-0.2, 0) is 6.54 Å². The zero-order chi connectivity index (χ0) is 12.2. The molecule has 1 aromatic rings. The minimum Gasteiger partial charge on any atom is -0.387 e. The first-order valence-electron chi connectivity index (χ1n) is 6.88. The van der Waals surface area contributed by atoms with Crippen molar-refractivity contribution in [2.45, 2.75) is 13.0 Å². The third kappa shape index (κ3) is 2.57. The van der Waals surface area contributed by atoms with Gasteiger partial charge in [0.15, 0.2) is 0 Å². The summed E-state index contributed by atoms with van der Waals surface area (Å²) in [5, 5.41) is 9.49. The minimum atomic E-state index is 0.950. The topological polar surface area (TPSA) is 27.3 Å². The van der Waals surface area contributed by atoms with Gasteiger partial charge in [-0.1, -0.05) is 24.3 Å². The summed E-state index contributed by atoms with van der Waals surface area (Å²) < 4.78 is 0. The van der Waals surface area contributed by atoms with Gasteiger partial charge in [0, 0.05) is 32.4 Å². The lowest BCUT2D eigenvalue weighted by Gasteiger charge is -2.20. The van der Waals surface area contributed by atoms with Gasteiger partial charge in [0.05, 0.1) is 0 Å². The quantitative estimate of drug-likeness (QED) is 0.740. The molecule has 2 aliphatic heterocycles. The molecule has 3 nitrogen and oxygen atoms in total. The lowest BCUT2D eigenvalue weighted by Crippen LogP contribution is -2.38. The van der Waals surface area contributed by atoms with Gasteiger partial charge >= 0.3 is 0 Å². The summed E-state index contributed by atoms with van der Waals surface area (Å²) >= 11 is 0. The van der Waals surface area contributed by atoms with Gasteiger partial charge in [-0.3, -0.25) is 4.90 Å². The van der Waals surface area contributed by atoms with E-state index < -0.39 is 0 Å². The monoisotopic (exact) mass is 243 g/mol. The fourth-order valence-electron chi connectivity index (χ4n) is 2.78. The van der Waals surface area contributed by atoms with Gasteiger partial charge in [0.1, 0.15) is 0 Å². The van der Waals surface area contributed by atoms with E-state index in [1.165, 1.54) is 29.0 Å². The van der Waals surface area contributed by atoms with Crippen molar-refractivity contribution < 1.29 is 0 Å². The minimum absolute atomic E-state index is 0.950. The standard InChI is InChI=1S/C15H21N3/c1-3-13-11-17-7-5-15(13)14(4-1)12-18-9-2-6-16-8-10-18/h1,3-5,11,16-17H,2,6-10,12H2. The SMILES string of the molecule is C1=c2cccc(CN3CCCNCC3)c2=CCN1. The lowest BCUT2D eigenvalue weighted by atomic mass is 10.1. The Morgan fingerprint density at radius 3 is 3.17 bits per heavy atom. The number of nitrogens with zero attached hydrogens (tertiary/aromatic N) is 1. The molecular weight excluding hydrogens is 222 g/mol. The van der Waals surface area contributed by atoms with Crippen LogP contribution < -0.4 is 21.1 Å². The van der Waals surface area contributed by atoms with Crippen LogP contribution in [0.15, 0.2) is 18.2 Å². The van der Waals surface area contributed by atoms with Gasteiger partial charge in [-0.2, -0.15) is 0 Å². The Morgan fingerprint density at radius 1 is 1.17 bits per heavy atom. The molecule has 0 atom stereocenters. The summed E-state index contributed by atoms with van der Waals surface area (Å²) in [5.41, 5.74) is 1.46. The average molecular weight is 243 g/mol. The van der Waals surface area contributed by atoms with Crippen molar-refractivity contribution in [3.63, 3.8) is 0 Å². The predicted molar refractivity (Wildman–Crippen MR) is 75.4 cm³/mol. The first-order valence-corrected chi connectivity index (χ1v) is 6.88. The van der Waals surface area contributed by atoms with E-state index in [9.17, 15) is 0 Å². The molecule has 0 unspecified atom stereocenters. The molecule has 3 rings (SSSR count). The van der Waals surface area contributed by atoms with E-state index in [0.717, 1.165) is 32.7 Å².